The van der Waals surface area contributed by atoms with E-state index in [1.54, 1.807) is 33.2 Å². The van der Waals surface area contributed by atoms with Crippen LogP contribution in [-0.2, 0) is 17.1 Å². The number of hydrogen-bond acceptors (Lipinski definition) is 5. The summed E-state index contributed by atoms with van der Waals surface area (Å²) in [6.07, 6.45) is 1.21. The molecule has 0 saturated heterocycles. The summed E-state index contributed by atoms with van der Waals surface area (Å²) in [6.45, 7) is 1.80. The molecular weight excluding hydrogens is 314 g/mol. The molecule has 1 aromatic heterocycles. The maximum Gasteiger partial charge on any atom is 0.267 e. The van der Waals surface area contributed by atoms with Crippen LogP contribution in [0.2, 0.25) is 5.02 Å². The van der Waals surface area contributed by atoms with Crippen LogP contribution in [0.25, 0.3) is 0 Å². The molecule has 0 spiro atoms. The smallest absolute Gasteiger partial charge is 0.267 e. The molecule has 9 heteroatoms. The number of nitrogen functional groups attached to an aromatic ring is 1. The van der Waals surface area contributed by atoms with E-state index in [2.05, 4.69) is 15.1 Å². The quantitative estimate of drug-likeness (QED) is 0.794. The van der Waals surface area contributed by atoms with E-state index in [4.69, 9.17) is 17.3 Å². The summed E-state index contributed by atoms with van der Waals surface area (Å²) in [5.74, 6) is 0.0687. The number of nitrogens with two attached hydrogens (primary N) is 1. The molecule has 21 heavy (non-hydrogen) atoms. The second-order valence-electron chi connectivity index (χ2n) is 4.47. The molecule has 2 rings (SSSR count). The average molecular weight is 330 g/mol. The number of hydrogen-bond donors (Lipinski definition) is 3. The zero-order chi connectivity index (χ0) is 15.8. The SMILES string of the molecule is CNc1c(NS(=O)(=O)c2cnn(C)c2N)ccc(Cl)c1C. The first-order chi connectivity index (χ1) is 9.77. The summed E-state index contributed by atoms with van der Waals surface area (Å²) < 4.78 is 28.6. The summed E-state index contributed by atoms with van der Waals surface area (Å²) in [6, 6.07) is 3.22. The Morgan fingerprint density at radius 2 is 2.05 bits per heavy atom. The van der Waals surface area contributed by atoms with Crippen molar-refractivity contribution >= 4 is 38.8 Å². The van der Waals surface area contributed by atoms with Crippen LogP contribution < -0.4 is 15.8 Å². The molecule has 0 amide bonds. The van der Waals surface area contributed by atoms with Crippen molar-refractivity contribution in [3.05, 3.63) is 28.9 Å². The first-order valence-electron chi connectivity index (χ1n) is 6.05. The Hall–Kier alpha value is -1.93. The fourth-order valence-corrected chi connectivity index (χ4v) is 3.25. The van der Waals surface area contributed by atoms with Crippen molar-refractivity contribution in [2.24, 2.45) is 7.05 Å². The van der Waals surface area contributed by atoms with Crippen molar-refractivity contribution in [1.82, 2.24) is 9.78 Å². The highest BCUT2D eigenvalue weighted by atomic mass is 35.5. The van der Waals surface area contributed by atoms with Crippen LogP contribution in [0.5, 0.6) is 0 Å². The summed E-state index contributed by atoms with van der Waals surface area (Å²) in [5, 5.41) is 7.31. The molecule has 0 aliphatic rings. The number of rotatable bonds is 4. The highest BCUT2D eigenvalue weighted by Crippen LogP contribution is 2.33. The van der Waals surface area contributed by atoms with Crippen molar-refractivity contribution in [2.75, 3.05) is 22.8 Å². The fourth-order valence-electron chi connectivity index (χ4n) is 1.93. The molecule has 0 fully saturated rings. The molecule has 0 aliphatic heterocycles. The Morgan fingerprint density at radius 1 is 1.38 bits per heavy atom. The maximum absolute atomic E-state index is 12.4. The molecule has 1 heterocycles. The van der Waals surface area contributed by atoms with Gasteiger partial charge in [0.15, 0.2) is 0 Å². The molecule has 0 aliphatic carbocycles. The zero-order valence-electron chi connectivity index (χ0n) is 11.8. The Balaban J connectivity index is 2.47. The second kappa shape index (κ2) is 5.45. The van der Waals surface area contributed by atoms with E-state index >= 15 is 0 Å². The number of nitrogens with zero attached hydrogens (tertiary/aromatic N) is 2. The summed E-state index contributed by atoms with van der Waals surface area (Å²) in [5.41, 5.74) is 7.46. The first kappa shape index (κ1) is 15.5. The highest BCUT2D eigenvalue weighted by Gasteiger charge is 2.22. The minimum atomic E-state index is -3.83. The van der Waals surface area contributed by atoms with Gasteiger partial charge in [0.2, 0.25) is 0 Å². The van der Waals surface area contributed by atoms with Crippen molar-refractivity contribution in [3.63, 3.8) is 0 Å². The molecule has 7 nitrogen and oxygen atoms in total. The number of benzene rings is 1. The van der Waals surface area contributed by atoms with E-state index in [1.165, 1.54) is 10.9 Å². The van der Waals surface area contributed by atoms with Gasteiger partial charge in [-0.3, -0.25) is 9.40 Å². The summed E-state index contributed by atoms with van der Waals surface area (Å²) in [7, 11) is -0.568. The first-order valence-corrected chi connectivity index (χ1v) is 7.91. The van der Waals surface area contributed by atoms with E-state index < -0.39 is 10.0 Å². The molecule has 0 atom stereocenters. The van der Waals surface area contributed by atoms with Gasteiger partial charge in [-0.2, -0.15) is 5.10 Å². The monoisotopic (exact) mass is 329 g/mol. The van der Waals surface area contributed by atoms with Crippen molar-refractivity contribution in [2.45, 2.75) is 11.8 Å². The van der Waals surface area contributed by atoms with Gasteiger partial charge in [0.05, 0.1) is 17.6 Å². The second-order valence-corrected chi connectivity index (χ2v) is 6.53. The van der Waals surface area contributed by atoms with E-state index in [-0.39, 0.29) is 10.7 Å². The molecule has 0 unspecified atom stereocenters. The molecular formula is C12H16ClN5O2S. The van der Waals surface area contributed by atoms with Crippen LogP contribution >= 0.6 is 11.6 Å². The molecule has 2 aromatic rings. The van der Waals surface area contributed by atoms with Gasteiger partial charge in [-0.1, -0.05) is 11.6 Å². The van der Waals surface area contributed by atoms with Gasteiger partial charge in [0.1, 0.15) is 10.7 Å². The van der Waals surface area contributed by atoms with Crippen molar-refractivity contribution in [3.8, 4) is 0 Å². The van der Waals surface area contributed by atoms with Gasteiger partial charge in [-0.05, 0) is 24.6 Å². The number of sulfonamides is 1. The topological polar surface area (TPSA) is 102 Å². The predicted octanol–water partition coefficient (Wildman–Crippen LogP) is 1.81. The molecule has 114 valence electrons. The predicted molar refractivity (Wildman–Crippen MR) is 84.2 cm³/mol. The lowest BCUT2D eigenvalue weighted by molar-refractivity contribution is 0.601. The normalized spacial score (nSPS) is 11.4. The van der Waals surface area contributed by atoms with Gasteiger partial charge in [0.25, 0.3) is 10.0 Å². The van der Waals surface area contributed by atoms with E-state index in [0.29, 0.717) is 16.4 Å². The Kier molecular flexibility index (Phi) is 4.02. The lowest BCUT2D eigenvalue weighted by Crippen LogP contribution is -2.16. The van der Waals surface area contributed by atoms with E-state index in [9.17, 15) is 8.42 Å². The van der Waals surface area contributed by atoms with Crippen molar-refractivity contribution < 1.29 is 8.42 Å². The molecule has 0 radical (unpaired) electrons. The number of aryl methyl sites for hydroxylation is 1. The van der Waals surface area contributed by atoms with Crippen LogP contribution in [0, 0.1) is 6.92 Å². The van der Waals surface area contributed by atoms with Crippen LogP contribution in [0.15, 0.2) is 23.2 Å². The van der Waals surface area contributed by atoms with Gasteiger partial charge < -0.3 is 11.1 Å². The third-order valence-electron chi connectivity index (χ3n) is 3.13. The maximum atomic E-state index is 12.4. The lowest BCUT2D eigenvalue weighted by Gasteiger charge is -2.15. The third kappa shape index (κ3) is 2.77. The Morgan fingerprint density at radius 3 is 2.57 bits per heavy atom. The summed E-state index contributed by atoms with van der Waals surface area (Å²) in [4.78, 5) is -0.0698. The van der Waals surface area contributed by atoms with Gasteiger partial charge in [0, 0.05) is 19.1 Å². The van der Waals surface area contributed by atoms with Gasteiger partial charge in [-0.25, -0.2) is 8.42 Å². The number of anilines is 3. The summed E-state index contributed by atoms with van der Waals surface area (Å²) >= 11 is 6.03. The number of nitrogens with one attached hydrogen (secondary N) is 2. The lowest BCUT2D eigenvalue weighted by atomic mass is 10.1. The third-order valence-corrected chi connectivity index (χ3v) is 4.92. The van der Waals surface area contributed by atoms with Crippen LogP contribution in [0.1, 0.15) is 5.56 Å². The van der Waals surface area contributed by atoms with Crippen LogP contribution in [0.4, 0.5) is 17.2 Å². The molecule has 0 saturated carbocycles. The van der Waals surface area contributed by atoms with Crippen LogP contribution in [-0.4, -0.2) is 25.2 Å². The minimum absolute atomic E-state index is 0.0687. The Bertz CT molecular complexity index is 785. The average Bonchev–Trinajstić information content (AvgIpc) is 2.75. The van der Waals surface area contributed by atoms with Gasteiger partial charge >= 0.3 is 0 Å². The largest absolute Gasteiger partial charge is 0.386 e. The molecule has 1 aromatic carbocycles. The standard InChI is InChI=1S/C12H16ClN5O2S/c1-7-8(13)4-5-9(11(7)15-2)17-21(19,20)10-6-16-18(3)12(10)14/h4-6,15,17H,14H2,1-3H3. The number of halogens is 1. The van der Waals surface area contributed by atoms with E-state index in [1.807, 2.05) is 0 Å². The Labute approximate surface area is 128 Å². The molecule has 4 N–H and O–H groups in total. The van der Waals surface area contributed by atoms with Gasteiger partial charge in [-0.15, -0.1) is 0 Å². The fraction of sp³-hybridized carbons (Fsp3) is 0.250. The molecule has 0 bridgehead atoms. The van der Waals surface area contributed by atoms with E-state index in [0.717, 1.165) is 5.56 Å². The van der Waals surface area contributed by atoms with Crippen molar-refractivity contribution in [1.29, 1.82) is 0 Å². The highest BCUT2D eigenvalue weighted by molar-refractivity contribution is 7.92. The zero-order valence-corrected chi connectivity index (χ0v) is 13.4. The minimum Gasteiger partial charge on any atom is -0.386 e. The van der Waals surface area contributed by atoms with Crippen LogP contribution in [0.3, 0.4) is 0 Å². The number of aromatic nitrogens is 2.